The van der Waals surface area contributed by atoms with Crippen LogP contribution in [0.25, 0.3) is 16.6 Å². The van der Waals surface area contributed by atoms with Gasteiger partial charge in [-0.1, -0.05) is 24.3 Å². The fourth-order valence-corrected chi connectivity index (χ4v) is 5.74. The van der Waals surface area contributed by atoms with E-state index in [2.05, 4.69) is 39.2 Å². The van der Waals surface area contributed by atoms with Crippen LogP contribution in [0.15, 0.2) is 78.1 Å². The number of benzene rings is 2. The number of fused-ring (bicyclic) bond motifs is 1. The molecule has 1 fully saturated rings. The highest BCUT2D eigenvalue weighted by molar-refractivity contribution is 7.89. The maximum atomic E-state index is 13.4. The Labute approximate surface area is 188 Å². The predicted molar refractivity (Wildman–Crippen MR) is 124 cm³/mol. The van der Waals surface area contributed by atoms with Gasteiger partial charge in [0.05, 0.1) is 11.2 Å². The number of rotatable bonds is 5. The molecule has 0 bridgehead atoms. The van der Waals surface area contributed by atoms with Crippen molar-refractivity contribution in [3.8, 4) is 5.69 Å². The number of hydrogen-bond acceptors (Lipinski definition) is 5. The van der Waals surface area contributed by atoms with Crippen molar-refractivity contribution in [1.29, 1.82) is 0 Å². The van der Waals surface area contributed by atoms with E-state index in [4.69, 9.17) is 0 Å². The summed E-state index contributed by atoms with van der Waals surface area (Å²) in [6.07, 6.45) is 5.40. The van der Waals surface area contributed by atoms with Crippen LogP contribution in [0.3, 0.4) is 0 Å². The monoisotopic (exact) mass is 447 g/mol. The van der Waals surface area contributed by atoms with Crippen LogP contribution in [0.5, 0.6) is 0 Å². The summed E-state index contributed by atoms with van der Waals surface area (Å²) in [6.45, 7) is 5.07. The lowest BCUT2D eigenvalue weighted by molar-refractivity contribution is 0.181. The zero-order chi connectivity index (χ0) is 22.1. The Morgan fingerprint density at radius 2 is 1.75 bits per heavy atom. The molecule has 1 aliphatic rings. The third-order valence-corrected chi connectivity index (χ3v) is 7.80. The summed E-state index contributed by atoms with van der Waals surface area (Å²) >= 11 is 0. The van der Waals surface area contributed by atoms with Gasteiger partial charge in [-0.15, -0.1) is 0 Å². The van der Waals surface area contributed by atoms with Crippen LogP contribution >= 0.6 is 0 Å². The van der Waals surface area contributed by atoms with E-state index >= 15 is 0 Å². The molecule has 4 aromatic rings. The summed E-state index contributed by atoms with van der Waals surface area (Å²) < 4.78 is 30.1. The number of sulfonamides is 1. The molecule has 8 heteroatoms. The number of aryl methyl sites for hydroxylation is 1. The smallest absolute Gasteiger partial charge is 0.245 e. The standard InChI is InChI=1S/C24H25N5O2S/c1-19-16-21-4-2-5-23(24(21)25-17-19)32(30,31)28-14-12-27(13-15-28)18-20-6-8-22(9-7-20)29-11-3-10-26-29/h2-11,16-17H,12-15,18H2,1H3. The first-order valence-electron chi connectivity index (χ1n) is 10.7. The van der Waals surface area contributed by atoms with Crippen LogP contribution in [-0.2, 0) is 16.6 Å². The van der Waals surface area contributed by atoms with Crippen molar-refractivity contribution in [2.45, 2.75) is 18.4 Å². The highest BCUT2D eigenvalue weighted by atomic mass is 32.2. The molecule has 0 atom stereocenters. The molecule has 0 aliphatic carbocycles. The maximum absolute atomic E-state index is 13.4. The lowest BCUT2D eigenvalue weighted by atomic mass is 10.2. The van der Waals surface area contributed by atoms with Crippen molar-refractivity contribution >= 4 is 20.9 Å². The minimum atomic E-state index is -3.59. The van der Waals surface area contributed by atoms with Crippen molar-refractivity contribution in [3.05, 3.63) is 84.3 Å². The second kappa shape index (κ2) is 8.46. The van der Waals surface area contributed by atoms with Gasteiger partial charge in [-0.05, 0) is 48.4 Å². The van der Waals surface area contributed by atoms with Crippen molar-refractivity contribution in [1.82, 2.24) is 24.0 Å². The topological polar surface area (TPSA) is 71.3 Å². The Balaban J connectivity index is 1.26. The van der Waals surface area contributed by atoms with Gasteiger partial charge in [0.15, 0.2) is 0 Å². The molecule has 0 spiro atoms. The number of piperazine rings is 1. The minimum absolute atomic E-state index is 0.290. The van der Waals surface area contributed by atoms with Gasteiger partial charge in [0.25, 0.3) is 0 Å². The number of nitrogens with zero attached hydrogens (tertiary/aromatic N) is 5. The van der Waals surface area contributed by atoms with Crippen LogP contribution < -0.4 is 0 Å². The summed E-state index contributed by atoms with van der Waals surface area (Å²) in [4.78, 5) is 7.00. The molecule has 0 N–H and O–H groups in total. The molecule has 0 radical (unpaired) electrons. The van der Waals surface area contributed by atoms with Crippen molar-refractivity contribution in [3.63, 3.8) is 0 Å². The molecule has 1 aliphatic heterocycles. The molecule has 0 unspecified atom stereocenters. The molecule has 5 rings (SSSR count). The first-order chi connectivity index (χ1) is 15.5. The highest BCUT2D eigenvalue weighted by Gasteiger charge is 2.30. The second-order valence-corrected chi connectivity index (χ2v) is 10.0. The SMILES string of the molecule is Cc1cnc2c(S(=O)(=O)N3CCN(Cc4ccc(-n5cccn5)cc4)CC3)cccc2c1. The van der Waals surface area contributed by atoms with E-state index < -0.39 is 10.0 Å². The van der Waals surface area contributed by atoms with Crippen LogP contribution in [0.4, 0.5) is 0 Å². The van der Waals surface area contributed by atoms with Gasteiger partial charge >= 0.3 is 0 Å². The van der Waals surface area contributed by atoms with E-state index in [1.807, 2.05) is 36.0 Å². The van der Waals surface area contributed by atoms with Gasteiger partial charge in [-0.3, -0.25) is 9.88 Å². The Morgan fingerprint density at radius 3 is 2.47 bits per heavy atom. The number of pyridine rings is 1. The van der Waals surface area contributed by atoms with Gasteiger partial charge in [-0.25, -0.2) is 13.1 Å². The van der Waals surface area contributed by atoms with Crippen molar-refractivity contribution < 1.29 is 8.42 Å². The van der Waals surface area contributed by atoms with E-state index in [1.54, 1.807) is 28.8 Å². The lowest BCUT2D eigenvalue weighted by Gasteiger charge is -2.34. The summed E-state index contributed by atoms with van der Waals surface area (Å²) in [5.74, 6) is 0. The molecule has 164 valence electrons. The maximum Gasteiger partial charge on any atom is 0.245 e. The van der Waals surface area contributed by atoms with Gasteiger partial charge in [0.2, 0.25) is 10.0 Å². The van der Waals surface area contributed by atoms with E-state index in [9.17, 15) is 8.42 Å². The Kier molecular flexibility index (Phi) is 5.50. The summed E-state index contributed by atoms with van der Waals surface area (Å²) in [7, 11) is -3.59. The average Bonchev–Trinajstić information content (AvgIpc) is 3.34. The first-order valence-corrected chi connectivity index (χ1v) is 12.1. The quantitative estimate of drug-likeness (QED) is 0.470. The molecular weight excluding hydrogens is 422 g/mol. The first kappa shape index (κ1) is 20.8. The van der Waals surface area contributed by atoms with Crippen molar-refractivity contribution in [2.24, 2.45) is 0 Å². The Bertz CT molecular complexity index is 1330. The van der Waals surface area contributed by atoms with Gasteiger partial charge < -0.3 is 0 Å². The third kappa shape index (κ3) is 4.04. The molecule has 2 aromatic heterocycles. The van der Waals surface area contributed by atoms with E-state index in [-0.39, 0.29) is 4.90 Å². The van der Waals surface area contributed by atoms with Crippen LogP contribution in [-0.4, -0.2) is 58.6 Å². The Hall–Kier alpha value is -3.07. The minimum Gasteiger partial charge on any atom is -0.296 e. The normalized spacial score (nSPS) is 15.9. The molecule has 2 aromatic carbocycles. The molecule has 7 nitrogen and oxygen atoms in total. The number of aromatic nitrogens is 3. The summed E-state index contributed by atoms with van der Waals surface area (Å²) in [5.41, 5.74) is 3.77. The molecule has 1 saturated heterocycles. The molecule has 32 heavy (non-hydrogen) atoms. The fourth-order valence-electron chi connectivity index (χ4n) is 4.15. The van der Waals surface area contributed by atoms with Crippen LogP contribution in [0.2, 0.25) is 0 Å². The van der Waals surface area contributed by atoms with E-state index in [1.165, 1.54) is 5.56 Å². The average molecular weight is 448 g/mol. The van der Waals surface area contributed by atoms with Gasteiger partial charge in [0.1, 0.15) is 4.90 Å². The van der Waals surface area contributed by atoms with Gasteiger partial charge in [-0.2, -0.15) is 9.40 Å². The van der Waals surface area contributed by atoms with E-state index in [0.29, 0.717) is 31.7 Å². The lowest BCUT2D eigenvalue weighted by Crippen LogP contribution is -2.48. The number of para-hydroxylation sites is 1. The zero-order valence-corrected chi connectivity index (χ0v) is 18.7. The largest absolute Gasteiger partial charge is 0.296 e. The fraction of sp³-hybridized carbons (Fsp3) is 0.250. The molecule has 0 saturated carbocycles. The zero-order valence-electron chi connectivity index (χ0n) is 17.9. The second-order valence-electron chi connectivity index (χ2n) is 8.14. The van der Waals surface area contributed by atoms with Crippen LogP contribution in [0.1, 0.15) is 11.1 Å². The Morgan fingerprint density at radius 1 is 0.969 bits per heavy atom. The summed E-state index contributed by atoms with van der Waals surface area (Å²) in [5, 5.41) is 5.10. The molecular formula is C24H25N5O2S. The molecule has 3 heterocycles. The van der Waals surface area contributed by atoms with Crippen LogP contribution in [0, 0.1) is 6.92 Å². The predicted octanol–water partition coefficient (Wildman–Crippen LogP) is 3.24. The van der Waals surface area contributed by atoms with Crippen molar-refractivity contribution in [2.75, 3.05) is 26.2 Å². The number of hydrogen-bond donors (Lipinski definition) is 0. The highest BCUT2D eigenvalue weighted by Crippen LogP contribution is 2.26. The third-order valence-electron chi connectivity index (χ3n) is 5.87. The van der Waals surface area contributed by atoms with E-state index in [0.717, 1.165) is 23.2 Å². The molecule has 0 amide bonds. The summed E-state index contributed by atoms with van der Waals surface area (Å²) in [6, 6.07) is 17.5. The van der Waals surface area contributed by atoms with Gasteiger partial charge in [0, 0.05) is 56.7 Å².